The van der Waals surface area contributed by atoms with E-state index in [-0.39, 0.29) is 12.2 Å². The third-order valence-corrected chi connectivity index (χ3v) is 7.81. The van der Waals surface area contributed by atoms with E-state index in [9.17, 15) is 19.8 Å². The first kappa shape index (κ1) is 28.4. The Morgan fingerprint density at radius 3 is 2.50 bits per heavy atom. The van der Waals surface area contributed by atoms with Gasteiger partial charge >= 0.3 is 5.97 Å². The monoisotopic (exact) mass is 491 g/mol. The van der Waals surface area contributed by atoms with Crippen LogP contribution in [0.25, 0.3) is 6.08 Å². The van der Waals surface area contributed by atoms with E-state index in [1.807, 2.05) is 45.2 Å². The minimum Gasteiger partial charge on any atom is -0.457 e. The molecule has 190 valence electrons. The molecule has 0 saturated heterocycles. The second kappa shape index (κ2) is 11.7. The maximum Gasteiger partial charge on any atom is 0.309 e. The van der Waals surface area contributed by atoms with Gasteiger partial charge in [-0.15, -0.1) is 11.3 Å². The molecule has 0 bridgehead atoms. The molecule has 7 heteroatoms. The van der Waals surface area contributed by atoms with Crippen LogP contribution in [0, 0.1) is 23.7 Å². The first-order valence-electron chi connectivity index (χ1n) is 12.1. The molecule has 2 rings (SSSR count). The van der Waals surface area contributed by atoms with Crippen molar-refractivity contribution in [1.82, 2.24) is 4.98 Å². The first-order chi connectivity index (χ1) is 15.8. The predicted molar refractivity (Wildman–Crippen MR) is 136 cm³/mol. The molecule has 1 aliphatic heterocycles. The van der Waals surface area contributed by atoms with Crippen molar-refractivity contribution in [2.75, 3.05) is 0 Å². The van der Waals surface area contributed by atoms with Gasteiger partial charge in [-0.1, -0.05) is 46.8 Å². The van der Waals surface area contributed by atoms with E-state index < -0.39 is 41.0 Å². The molecule has 6 nitrogen and oxygen atoms in total. The van der Waals surface area contributed by atoms with Gasteiger partial charge in [0.1, 0.15) is 11.9 Å². The number of aromatic nitrogens is 1. The van der Waals surface area contributed by atoms with Crippen molar-refractivity contribution < 1.29 is 24.5 Å². The standard InChI is InChI=1S/C27H41NO5S/c1-17(14-20-16-34-19(3)28-20)21-12-10-8-9-11-13-26(4,5)24(31)18(2)25(32)27(6,7)22(29)15-23(30)33-21/h8,10,14,16,18,21-22,24,29,31H,9,11-13,15H2,1-7H3/b10-8+,17-14+/t18-,21+,22-,24-/m1/s1. The lowest BCUT2D eigenvalue weighted by atomic mass is 9.69. The van der Waals surface area contributed by atoms with Crippen molar-refractivity contribution in [3.8, 4) is 0 Å². The number of carbonyl (C=O) groups excluding carboxylic acids is 2. The lowest BCUT2D eigenvalue weighted by Crippen LogP contribution is -2.47. The minimum absolute atomic E-state index is 0.258. The number of hydrogen-bond acceptors (Lipinski definition) is 7. The summed E-state index contributed by atoms with van der Waals surface area (Å²) in [5, 5.41) is 24.7. The summed E-state index contributed by atoms with van der Waals surface area (Å²) < 4.78 is 5.77. The van der Waals surface area contributed by atoms with E-state index in [1.165, 1.54) is 0 Å². The molecule has 4 atom stereocenters. The first-order valence-corrected chi connectivity index (χ1v) is 13.0. The number of cyclic esters (lactones) is 1. The fraction of sp³-hybridized carbons (Fsp3) is 0.667. The zero-order chi connectivity index (χ0) is 25.7. The Bertz CT molecular complexity index is 914. The smallest absolute Gasteiger partial charge is 0.309 e. The quantitative estimate of drug-likeness (QED) is 0.432. The third-order valence-electron chi connectivity index (χ3n) is 7.02. The molecule has 0 aromatic carbocycles. The van der Waals surface area contributed by atoms with Crippen LogP contribution in [0.1, 0.15) is 84.3 Å². The highest BCUT2D eigenvalue weighted by molar-refractivity contribution is 7.09. The second-order valence-electron chi connectivity index (χ2n) is 10.8. The number of nitrogens with zero attached hydrogens (tertiary/aromatic N) is 1. The Hall–Kier alpha value is -1.83. The number of ether oxygens (including phenoxy) is 1. The van der Waals surface area contributed by atoms with Crippen LogP contribution < -0.4 is 0 Å². The van der Waals surface area contributed by atoms with Crippen molar-refractivity contribution in [3.63, 3.8) is 0 Å². The Labute approximate surface area is 208 Å². The number of rotatable bonds is 2. The molecule has 0 spiro atoms. The number of hydrogen-bond donors (Lipinski definition) is 2. The molecule has 2 N–H and O–H groups in total. The molecule has 0 amide bonds. The summed E-state index contributed by atoms with van der Waals surface area (Å²) in [7, 11) is 0. The van der Waals surface area contributed by atoms with Gasteiger partial charge in [-0.05, 0) is 50.2 Å². The lowest BCUT2D eigenvalue weighted by molar-refractivity contribution is -0.154. The molecule has 0 saturated carbocycles. The van der Waals surface area contributed by atoms with Crippen LogP contribution in [0.2, 0.25) is 0 Å². The van der Waals surface area contributed by atoms with Crippen LogP contribution >= 0.6 is 11.3 Å². The Balaban J connectivity index is 2.31. The summed E-state index contributed by atoms with van der Waals surface area (Å²) in [6, 6.07) is 0. The highest BCUT2D eigenvalue weighted by Gasteiger charge is 2.44. The number of thiazole rings is 1. The van der Waals surface area contributed by atoms with Crippen molar-refractivity contribution in [3.05, 3.63) is 33.8 Å². The summed E-state index contributed by atoms with van der Waals surface area (Å²) in [5.41, 5.74) is 0.0409. The molecule has 0 aliphatic carbocycles. The van der Waals surface area contributed by atoms with Gasteiger partial charge in [0.2, 0.25) is 0 Å². The predicted octanol–water partition coefficient (Wildman–Crippen LogP) is 5.27. The van der Waals surface area contributed by atoms with Crippen LogP contribution in [-0.2, 0) is 14.3 Å². The van der Waals surface area contributed by atoms with Gasteiger partial charge in [-0.3, -0.25) is 9.59 Å². The van der Waals surface area contributed by atoms with Crippen LogP contribution in [-0.4, -0.2) is 45.3 Å². The molecule has 34 heavy (non-hydrogen) atoms. The maximum atomic E-state index is 13.3. The van der Waals surface area contributed by atoms with Gasteiger partial charge in [0.15, 0.2) is 0 Å². The van der Waals surface area contributed by atoms with Gasteiger partial charge in [0, 0.05) is 17.7 Å². The fourth-order valence-corrected chi connectivity index (χ4v) is 5.02. The lowest BCUT2D eigenvalue weighted by Gasteiger charge is -2.38. The molecule has 1 aliphatic rings. The van der Waals surface area contributed by atoms with Crippen LogP contribution in [0.15, 0.2) is 23.1 Å². The van der Waals surface area contributed by atoms with Crippen molar-refractivity contribution >= 4 is 29.2 Å². The van der Waals surface area contributed by atoms with Gasteiger partial charge in [-0.25, -0.2) is 4.98 Å². The summed E-state index contributed by atoms with van der Waals surface area (Å²) in [4.78, 5) is 30.5. The highest BCUT2D eigenvalue weighted by atomic mass is 32.1. The van der Waals surface area contributed by atoms with Gasteiger partial charge in [0.25, 0.3) is 0 Å². The largest absolute Gasteiger partial charge is 0.457 e. The number of esters is 1. The Kier molecular flexibility index (Phi) is 9.80. The topological polar surface area (TPSA) is 96.7 Å². The van der Waals surface area contributed by atoms with Crippen molar-refractivity contribution in [2.24, 2.45) is 16.7 Å². The number of aliphatic hydroxyl groups is 2. The molecule has 1 aromatic heterocycles. The number of carbonyl (C=O) groups is 2. The van der Waals surface area contributed by atoms with Crippen LogP contribution in [0.3, 0.4) is 0 Å². The summed E-state index contributed by atoms with van der Waals surface area (Å²) >= 11 is 1.56. The van der Waals surface area contributed by atoms with Crippen molar-refractivity contribution in [1.29, 1.82) is 0 Å². The Morgan fingerprint density at radius 1 is 1.21 bits per heavy atom. The minimum atomic E-state index is -1.22. The molecule has 0 fully saturated rings. The number of aliphatic hydroxyl groups excluding tert-OH is 2. The maximum absolute atomic E-state index is 13.3. The van der Waals surface area contributed by atoms with E-state index >= 15 is 0 Å². The molecular weight excluding hydrogens is 450 g/mol. The fourth-order valence-electron chi connectivity index (χ4n) is 4.45. The molecule has 1 aromatic rings. The average molecular weight is 492 g/mol. The van der Waals surface area contributed by atoms with Gasteiger partial charge < -0.3 is 14.9 Å². The SMILES string of the molecule is C/C(=C\c1csc(C)n1)[C@@H]1C/C=C/CCCC(C)(C)[C@H](O)[C@@H](C)C(=O)C(C)(C)[C@H](O)CC(=O)O1. The second-order valence-corrected chi connectivity index (χ2v) is 11.8. The van der Waals surface area contributed by atoms with E-state index in [0.717, 1.165) is 35.5 Å². The van der Waals surface area contributed by atoms with Crippen LogP contribution in [0.5, 0.6) is 0 Å². The highest BCUT2D eigenvalue weighted by Crippen LogP contribution is 2.37. The van der Waals surface area contributed by atoms with Gasteiger partial charge in [0.05, 0.1) is 34.7 Å². The molecule has 2 heterocycles. The van der Waals surface area contributed by atoms with Gasteiger partial charge in [-0.2, -0.15) is 0 Å². The molecular formula is C27H41NO5S. The zero-order valence-electron chi connectivity index (χ0n) is 21.6. The molecule has 0 radical (unpaired) electrons. The number of allylic oxidation sites excluding steroid dienone is 1. The third kappa shape index (κ3) is 7.33. The van der Waals surface area contributed by atoms with E-state index in [4.69, 9.17) is 4.74 Å². The summed E-state index contributed by atoms with van der Waals surface area (Å²) in [6.07, 6.45) is 6.13. The summed E-state index contributed by atoms with van der Waals surface area (Å²) in [5.74, 6) is -1.49. The molecule has 0 unspecified atom stereocenters. The average Bonchev–Trinajstić information content (AvgIpc) is 3.17. The number of ketones is 1. The van der Waals surface area contributed by atoms with E-state index in [1.54, 1.807) is 32.1 Å². The van der Waals surface area contributed by atoms with Crippen molar-refractivity contribution in [2.45, 2.75) is 98.9 Å². The number of aryl methyl sites for hydroxylation is 1. The normalized spacial score (nSPS) is 30.6. The van der Waals surface area contributed by atoms with E-state index in [0.29, 0.717) is 6.42 Å². The summed E-state index contributed by atoms with van der Waals surface area (Å²) in [6.45, 7) is 12.8. The van der Waals surface area contributed by atoms with E-state index in [2.05, 4.69) is 11.1 Å². The Morgan fingerprint density at radius 2 is 1.88 bits per heavy atom. The van der Waals surface area contributed by atoms with Crippen LogP contribution in [0.4, 0.5) is 0 Å². The number of Topliss-reactive ketones (excluding diaryl/α,β-unsaturated/α-hetero) is 1. The zero-order valence-corrected chi connectivity index (χ0v) is 22.4.